The first-order valence-corrected chi connectivity index (χ1v) is 9.73. The first-order chi connectivity index (χ1) is 13.5. The summed E-state index contributed by atoms with van der Waals surface area (Å²) >= 11 is 0. The Balaban J connectivity index is 0.00000136. The first-order valence-electron chi connectivity index (χ1n) is 9.73. The van der Waals surface area contributed by atoms with Gasteiger partial charge in [-0.25, -0.2) is 0 Å². The van der Waals surface area contributed by atoms with E-state index in [2.05, 4.69) is 0 Å². The Morgan fingerprint density at radius 2 is 1.54 bits per heavy atom. The molecule has 0 radical (unpaired) electrons. The maximum absolute atomic E-state index is 12.6. The van der Waals surface area contributed by atoms with Gasteiger partial charge in [0.15, 0.2) is 23.1 Å². The van der Waals surface area contributed by atoms with Crippen molar-refractivity contribution >= 4 is 11.6 Å². The Hall–Kier alpha value is -2.66. The Kier molecular flexibility index (Phi) is 8.20. The highest BCUT2D eigenvalue weighted by atomic mass is 16.6. The second kappa shape index (κ2) is 10.6. The van der Waals surface area contributed by atoms with E-state index in [1.165, 1.54) is 0 Å². The summed E-state index contributed by atoms with van der Waals surface area (Å²) in [5.41, 5.74) is 2.22. The lowest BCUT2D eigenvalue weighted by Crippen LogP contribution is -2.16. The molecule has 0 atom stereocenters. The van der Waals surface area contributed by atoms with Gasteiger partial charge in [0.25, 0.3) is 0 Å². The third kappa shape index (κ3) is 5.67. The van der Waals surface area contributed by atoms with Crippen molar-refractivity contribution < 1.29 is 19.1 Å². The van der Waals surface area contributed by atoms with Crippen LogP contribution in [0.3, 0.4) is 0 Å². The fraction of sp³-hybridized carbons (Fsp3) is 0.391. The fourth-order valence-electron chi connectivity index (χ4n) is 2.99. The van der Waals surface area contributed by atoms with Crippen LogP contribution in [0.25, 0.3) is 0 Å². The molecular weight excluding hydrogens is 354 g/mol. The van der Waals surface area contributed by atoms with Crippen molar-refractivity contribution in [3.63, 3.8) is 0 Å². The molecule has 3 rings (SSSR count). The first kappa shape index (κ1) is 21.6. The number of rotatable bonds is 7. The van der Waals surface area contributed by atoms with Crippen molar-refractivity contribution in [1.82, 2.24) is 4.90 Å². The number of carbonyl (C=O) groups is 2. The zero-order chi connectivity index (χ0) is 20.5. The molecule has 0 unspecified atom stereocenters. The van der Waals surface area contributed by atoms with Gasteiger partial charge in [0, 0.05) is 30.5 Å². The van der Waals surface area contributed by atoms with Gasteiger partial charge in [-0.15, -0.1) is 0 Å². The number of Topliss-reactive ketones (excluding diaryl/α,β-unsaturated/α-hetero) is 2. The summed E-state index contributed by atoms with van der Waals surface area (Å²) in [6.45, 7) is 5.69. The van der Waals surface area contributed by atoms with Gasteiger partial charge in [-0.1, -0.05) is 38.1 Å². The summed E-state index contributed by atoms with van der Waals surface area (Å²) in [7, 11) is 3.93. The third-order valence-electron chi connectivity index (χ3n) is 4.25. The average Bonchev–Trinajstić information content (AvgIpc) is 2.73. The predicted molar refractivity (Wildman–Crippen MR) is 111 cm³/mol. The van der Waals surface area contributed by atoms with Crippen LogP contribution in [0.4, 0.5) is 0 Å². The molecule has 0 N–H and O–H groups in total. The van der Waals surface area contributed by atoms with Crippen molar-refractivity contribution in [3.8, 4) is 11.5 Å². The molecule has 5 heteroatoms. The molecule has 0 aliphatic carbocycles. The fourth-order valence-corrected chi connectivity index (χ4v) is 2.99. The van der Waals surface area contributed by atoms with Crippen molar-refractivity contribution in [2.45, 2.75) is 33.2 Å². The van der Waals surface area contributed by atoms with Crippen LogP contribution in [0, 0.1) is 0 Å². The number of nitrogens with zero attached hydrogens (tertiary/aromatic N) is 1. The van der Waals surface area contributed by atoms with E-state index in [9.17, 15) is 9.59 Å². The summed E-state index contributed by atoms with van der Waals surface area (Å²) in [5.74, 6) is 1.17. The molecule has 1 heterocycles. The van der Waals surface area contributed by atoms with Gasteiger partial charge in [-0.2, -0.15) is 0 Å². The lowest BCUT2D eigenvalue weighted by Gasteiger charge is -2.18. The Labute approximate surface area is 167 Å². The van der Waals surface area contributed by atoms with E-state index in [-0.39, 0.29) is 24.4 Å². The van der Waals surface area contributed by atoms with Crippen molar-refractivity contribution in [2.24, 2.45) is 0 Å². The quantitative estimate of drug-likeness (QED) is 0.664. The highest BCUT2D eigenvalue weighted by Gasteiger charge is 2.17. The molecule has 1 aliphatic rings. The van der Waals surface area contributed by atoms with Gasteiger partial charge < -0.3 is 14.4 Å². The summed E-state index contributed by atoms with van der Waals surface area (Å²) in [6, 6.07) is 12.7. The number of carbonyl (C=O) groups excluding carboxylic acids is 2. The molecule has 0 fully saturated rings. The van der Waals surface area contributed by atoms with E-state index >= 15 is 0 Å². The summed E-state index contributed by atoms with van der Waals surface area (Å²) < 4.78 is 11.0. The molecule has 0 bridgehead atoms. The van der Waals surface area contributed by atoms with Gasteiger partial charge in [-0.05, 0) is 37.9 Å². The molecule has 0 saturated carbocycles. The molecular formula is C23H29NO4. The molecule has 5 nitrogen and oxygen atoms in total. The average molecular weight is 383 g/mol. The van der Waals surface area contributed by atoms with Gasteiger partial charge in [0.2, 0.25) is 0 Å². The molecule has 0 aromatic heterocycles. The highest BCUT2D eigenvalue weighted by Crippen LogP contribution is 2.31. The minimum absolute atomic E-state index is 0.00616. The van der Waals surface area contributed by atoms with Crippen LogP contribution in [0.1, 0.15) is 53.0 Å². The van der Waals surface area contributed by atoms with Crippen LogP contribution in [-0.4, -0.2) is 43.8 Å². The van der Waals surface area contributed by atoms with Gasteiger partial charge in [-0.3, -0.25) is 9.59 Å². The van der Waals surface area contributed by atoms with E-state index in [0.29, 0.717) is 42.4 Å². The maximum atomic E-state index is 12.6. The Bertz CT molecular complexity index is 814. The lowest BCUT2D eigenvalue weighted by molar-refractivity contribution is 0.0916. The standard InChI is InChI=1S/C21H23NO4.C2H6/c1-22(2)14-16-5-3-4-6-17(16)19(24)9-8-18(23)15-7-10-20-21(13-15)26-12-11-25-20;1-2/h3-7,10,13H,8-9,11-12,14H2,1-2H3;1-2H3. The van der Waals surface area contributed by atoms with Crippen molar-refractivity contribution in [2.75, 3.05) is 27.3 Å². The normalized spacial score (nSPS) is 12.2. The van der Waals surface area contributed by atoms with Crippen molar-refractivity contribution in [3.05, 3.63) is 59.2 Å². The molecule has 2 aromatic rings. The monoisotopic (exact) mass is 383 g/mol. The number of fused-ring (bicyclic) bond motifs is 1. The van der Waals surface area contributed by atoms with Gasteiger partial charge in [0.1, 0.15) is 13.2 Å². The van der Waals surface area contributed by atoms with Gasteiger partial charge in [0.05, 0.1) is 0 Å². The minimum Gasteiger partial charge on any atom is -0.486 e. The van der Waals surface area contributed by atoms with Crippen LogP contribution in [0.5, 0.6) is 11.5 Å². The molecule has 2 aromatic carbocycles. The van der Waals surface area contributed by atoms with E-state index in [1.807, 2.05) is 57.1 Å². The smallest absolute Gasteiger partial charge is 0.163 e. The number of benzene rings is 2. The largest absolute Gasteiger partial charge is 0.486 e. The molecule has 28 heavy (non-hydrogen) atoms. The van der Waals surface area contributed by atoms with Crippen LogP contribution in [0.15, 0.2) is 42.5 Å². The number of hydrogen-bond acceptors (Lipinski definition) is 5. The topological polar surface area (TPSA) is 55.8 Å². The van der Waals surface area contributed by atoms with E-state index < -0.39 is 0 Å². The maximum Gasteiger partial charge on any atom is 0.163 e. The summed E-state index contributed by atoms with van der Waals surface area (Å²) in [4.78, 5) is 27.1. The highest BCUT2D eigenvalue weighted by molar-refractivity contribution is 6.03. The zero-order valence-electron chi connectivity index (χ0n) is 17.2. The molecule has 0 spiro atoms. The number of ether oxygens (including phenoxy) is 2. The summed E-state index contributed by atoms with van der Waals surface area (Å²) in [5, 5.41) is 0. The SMILES string of the molecule is CC.CN(C)Cc1ccccc1C(=O)CCC(=O)c1ccc2c(c1)OCCO2. The molecule has 0 saturated heterocycles. The van der Waals surface area contributed by atoms with Crippen LogP contribution in [-0.2, 0) is 6.54 Å². The van der Waals surface area contributed by atoms with Gasteiger partial charge >= 0.3 is 0 Å². The van der Waals surface area contributed by atoms with E-state index in [1.54, 1.807) is 18.2 Å². The zero-order valence-corrected chi connectivity index (χ0v) is 17.2. The molecule has 150 valence electrons. The second-order valence-electron chi connectivity index (χ2n) is 6.60. The third-order valence-corrected chi connectivity index (χ3v) is 4.25. The van der Waals surface area contributed by atoms with Crippen LogP contribution >= 0.6 is 0 Å². The minimum atomic E-state index is -0.0691. The van der Waals surface area contributed by atoms with E-state index in [0.717, 1.165) is 5.56 Å². The lowest BCUT2D eigenvalue weighted by atomic mass is 9.97. The number of ketones is 2. The second-order valence-corrected chi connectivity index (χ2v) is 6.60. The Morgan fingerprint density at radius 3 is 2.25 bits per heavy atom. The molecule has 1 aliphatic heterocycles. The van der Waals surface area contributed by atoms with Crippen molar-refractivity contribution in [1.29, 1.82) is 0 Å². The molecule has 0 amide bonds. The Morgan fingerprint density at radius 1 is 0.893 bits per heavy atom. The van der Waals surface area contributed by atoms with Crippen LogP contribution in [0.2, 0.25) is 0 Å². The number of hydrogen-bond donors (Lipinski definition) is 0. The van der Waals surface area contributed by atoms with E-state index in [4.69, 9.17) is 9.47 Å². The predicted octanol–water partition coefficient (Wildman–Crippen LogP) is 4.39. The summed E-state index contributed by atoms with van der Waals surface area (Å²) in [6.07, 6.45) is 0.368. The van der Waals surface area contributed by atoms with Crippen LogP contribution < -0.4 is 9.47 Å².